The van der Waals surface area contributed by atoms with Crippen LogP contribution in [0.1, 0.15) is 226 Å². The highest BCUT2D eigenvalue weighted by molar-refractivity contribution is 5.71. The molecule has 6 heteroatoms. The lowest BCUT2D eigenvalue weighted by Crippen LogP contribution is -2.30. The lowest BCUT2D eigenvalue weighted by Gasteiger charge is -2.18. The first-order chi connectivity index (χ1) is 30.0. The Bertz CT molecular complexity index is 1200. The number of allylic oxidation sites excluding steroid dienone is 14. The first-order valence-corrected chi connectivity index (χ1v) is 25.1. The summed E-state index contributed by atoms with van der Waals surface area (Å²) in [6.07, 6.45) is 62.8. The molecule has 0 amide bonds. The summed E-state index contributed by atoms with van der Waals surface area (Å²) in [6.45, 7) is 6.42. The minimum absolute atomic E-state index is 0.102. The van der Waals surface area contributed by atoms with Crippen LogP contribution in [0, 0.1) is 0 Å². The van der Waals surface area contributed by atoms with E-state index in [1.807, 2.05) is 0 Å². The van der Waals surface area contributed by atoms with E-state index < -0.39 is 6.10 Å². The summed E-state index contributed by atoms with van der Waals surface area (Å²) in [5.41, 5.74) is 0. The third-order valence-electron chi connectivity index (χ3n) is 10.4. The summed E-state index contributed by atoms with van der Waals surface area (Å²) in [5.74, 6) is -0.983. The van der Waals surface area contributed by atoms with Gasteiger partial charge in [0.2, 0.25) is 0 Å². The molecule has 0 unspecified atom stereocenters. The van der Waals surface area contributed by atoms with E-state index in [0.717, 1.165) is 103 Å². The van der Waals surface area contributed by atoms with Crippen LogP contribution >= 0.6 is 0 Å². The van der Waals surface area contributed by atoms with Gasteiger partial charge in [0.25, 0.3) is 0 Å². The molecule has 0 spiro atoms. The third-order valence-corrected chi connectivity index (χ3v) is 10.4. The molecule has 0 aliphatic rings. The predicted molar refractivity (Wildman–Crippen MR) is 261 cm³/mol. The molecule has 0 aromatic rings. The monoisotopic (exact) mass is 849 g/mol. The van der Waals surface area contributed by atoms with Gasteiger partial charge in [-0.2, -0.15) is 0 Å². The molecule has 0 aliphatic carbocycles. The third kappa shape index (κ3) is 47.5. The van der Waals surface area contributed by atoms with Crippen LogP contribution in [0.15, 0.2) is 85.1 Å². The molecule has 6 nitrogen and oxygen atoms in total. The Hall–Kier alpha value is -3.41. The van der Waals surface area contributed by atoms with Crippen LogP contribution in [0.5, 0.6) is 0 Å². The summed E-state index contributed by atoms with van der Waals surface area (Å²) < 4.78 is 16.7. The minimum Gasteiger partial charge on any atom is -0.462 e. The molecule has 0 aliphatic heterocycles. The lowest BCUT2D eigenvalue weighted by atomic mass is 10.1. The van der Waals surface area contributed by atoms with E-state index in [9.17, 15) is 14.4 Å². The van der Waals surface area contributed by atoms with Crippen LogP contribution in [0.25, 0.3) is 0 Å². The standard InChI is InChI=1S/C55H92O6/c1-4-7-10-13-16-19-22-25-26-27-28-31-33-36-39-42-45-48-54(57)60-51-52(61-55(58)49-46-43-40-37-34-30-24-21-18-15-12-9-6-3)50-59-53(56)47-44-41-38-35-32-29-23-20-17-14-11-8-5-2/h7,10,16,19-21,23-26,28,31,36,39,52H,4-6,8-9,11-15,17-18,22,27,29-30,32-35,37-38,40-51H2,1-3H3/b10-7-,19-16-,23-20-,24-21-,26-25-,31-28-,39-36-/t52-/m1/s1. The smallest absolute Gasteiger partial charge is 0.306 e. The predicted octanol–water partition coefficient (Wildman–Crippen LogP) is 16.4. The van der Waals surface area contributed by atoms with Gasteiger partial charge in [-0.15, -0.1) is 0 Å². The number of hydrogen-bond acceptors (Lipinski definition) is 6. The van der Waals surface area contributed by atoms with Gasteiger partial charge in [0, 0.05) is 19.3 Å². The lowest BCUT2D eigenvalue weighted by molar-refractivity contribution is -0.167. The zero-order valence-corrected chi connectivity index (χ0v) is 39.7. The summed E-state index contributed by atoms with van der Waals surface area (Å²) in [5, 5.41) is 0. The number of hydrogen-bond donors (Lipinski definition) is 0. The topological polar surface area (TPSA) is 78.9 Å². The molecule has 0 radical (unpaired) electrons. The largest absolute Gasteiger partial charge is 0.462 e. The second-order valence-corrected chi connectivity index (χ2v) is 16.3. The van der Waals surface area contributed by atoms with E-state index in [-0.39, 0.29) is 37.5 Å². The quantitative estimate of drug-likeness (QED) is 0.0263. The van der Waals surface area contributed by atoms with E-state index in [4.69, 9.17) is 14.2 Å². The summed E-state index contributed by atoms with van der Waals surface area (Å²) in [7, 11) is 0. The summed E-state index contributed by atoms with van der Waals surface area (Å²) in [4.78, 5) is 37.9. The summed E-state index contributed by atoms with van der Waals surface area (Å²) >= 11 is 0. The number of ether oxygens (including phenoxy) is 3. The molecule has 0 aromatic carbocycles. The van der Waals surface area contributed by atoms with Gasteiger partial charge in [-0.25, -0.2) is 0 Å². The molecule has 0 fully saturated rings. The Balaban J connectivity index is 4.50. The molecule has 0 bridgehead atoms. The SMILES string of the molecule is CC/C=C\C/C=C\C/C=C\C/C=C\C/C=C\CCCC(=O)OC[C@@H](COC(=O)CCCCCCC/C=C\CCCCCC)OC(=O)CCCCCCC/C=C\CCCCCC. The fourth-order valence-electron chi connectivity index (χ4n) is 6.58. The zero-order valence-electron chi connectivity index (χ0n) is 39.7. The van der Waals surface area contributed by atoms with Crippen LogP contribution in [-0.4, -0.2) is 37.2 Å². The maximum absolute atomic E-state index is 12.8. The second kappa shape index (κ2) is 49.2. The molecular formula is C55H92O6. The molecule has 61 heavy (non-hydrogen) atoms. The van der Waals surface area contributed by atoms with E-state index in [0.29, 0.717) is 19.3 Å². The van der Waals surface area contributed by atoms with Gasteiger partial charge in [-0.1, -0.05) is 183 Å². The van der Waals surface area contributed by atoms with Crippen molar-refractivity contribution in [1.82, 2.24) is 0 Å². The van der Waals surface area contributed by atoms with Crippen LogP contribution in [0.3, 0.4) is 0 Å². The highest BCUT2D eigenvalue weighted by atomic mass is 16.6. The Morgan fingerprint density at radius 1 is 0.344 bits per heavy atom. The van der Waals surface area contributed by atoms with Crippen molar-refractivity contribution in [2.24, 2.45) is 0 Å². The van der Waals surface area contributed by atoms with E-state index in [1.165, 1.54) is 77.0 Å². The maximum atomic E-state index is 12.8. The molecule has 348 valence electrons. The maximum Gasteiger partial charge on any atom is 0.306 e. The number of carbonyl (C=O) groups excluding carboxylic acids is 3. The Morgan fingerprint density at radius 3 is 1.08 bits per heavy atom. The molecular weight excluding hydrogens is 757 g/mol. The Kier molecular flexibility index (Phi) is 46.5. The van der Waals surface area contributed by atoms with E-state index in [1.54, 1.807) is 0 Å². The van der Waals surface area contributed by atoms with Crippen LogP contribution in [-0.2, 0) is 28.6 Å². The van der Waals surface area contributed by atoms with Crippen molar-refractivity contribution in [2.75, 3.05) is 13.2 Å². The summed E-state index contributed by atoms with van der Waals surface area (Å²) in [6, 6.07) is 0. The molecule has 0 aromatic heterocycles. The van der Waals surface area contributed by atoms with Crippen molar-refractivity contribution in [3.05, 3.63) is 85.1 Å². The van der Waals surface area contributed by atoms with Crippen molar-refractivity contribution >= 4 is 17.9 Å². The van der Waals surface area contributed by atoms with Gasteiger partial charge in [0.1, 0.15) is 13.2 Å². The number of rotatable bonds is 44. The first-order valence-electron chi connectivity index (χ1n) is 25.1. The molecule has 1 atom stereocenters. The van der Waals surface area contributed by atoms with E-state index >= 15 is 0 Å². The number of carbonyl (C=O) groups is 3. The van der Waals surface area contributed by atoms with Crippen molar-refractivity contribution in [1.29, 1.82) is 0 Å². The minimum atomic E-state index is -0.806. The van der Waals surface area contributed by atoms with Gasteiger partial charge >= 0.3 is 17.9 Å². The van der Waals surface area contributed by atoms with Gasteiger partial charge < -0.3 is 14.2 Å². The van der Waals surface area contributed by atoms with Crippen LogP contribution in [0.4, 0.5) is 0 Å². The highest BCUT2D eigenvalue weighted by Crippen LogP contribution is 2.13. The normalized spacial score (nSPS) is 12.8. The van der Waals surface area contributed by atoms with Crippen molar-refractivity contribution < 1.29 is 28.6 Å². The Labute approximate surface area is 375 Å². The van der Waals surface area contributed by atoms with Crippen molar-refractivity contribution in [3.63, 3.8) is 0 Å². The average molecular weight is 849 g/mol. The van der Waals surface area contributed by atoms with Crippen molar-refractivity contribution in [2.45, 2.75) is 232 Å². The number of unbranched alkanes of at least 4 members (excludes halogenated alkanes) is 19. The average Bonchev–Trinajstić information content (AvgIpc) is 3.26. The highest BCUT2D eigenvalue weighted by Gasteiger charge is 2.19. The van der Waals surface area contributed by atoms with Gasteiger partial charge in [0.15, 0.2) is 6.10 Å². The first kappa shape index (κ1) is 57.6. The van der Waals surface area contributed by atoms with Crippen LogP contribution < -0.4 is 0 Å². The number of esters is 3. The van der Waals surface area contributed by atoms with Gasteiger partial charge in [-0.05, 0) is 109 Å². The Morgan fingerprint density at radius 2 is 0.656 bits per heavy atom. The van der Waals surface area contributed by atoms with Crippen LogP contribution in [0.2, 0.25) is 0 Å². The van der Waals surface area contributed by atoms with Gasteiger partial charge in [-0.3, -0.25) is 14.4 Å². The van der Waals surface area contributed by atoms with E-state index in [2.05, 4.69) is 106 Å². The fourth-order valence-corrected chi connectivity index (χ4v) is 6.58. The molecule has 0 saturated carbocycles. The fraction of sp³-hybridized carbons (Fsp3) is 0.691. The zero-order chi connectivity index (χ0) is 44.4. The van der Waals surface area contributed by atoms with Gasteiger partial charge in [0.05, 0.1) is 0 Å². The second-order valence-electron chi connectivity index (χ2n) is 16.3. The molecule has 0 saturated heterocycles. The molecule has 0 heterocycles. The van der Waals surface area contributed by atoms with Crippen molar-refractivity contribution in [3.8, 4) is 0 Å². The molecule has 0 N–H and O–H groups in total. The molecule has 0 rings (SSSR count).